The Kier molecular flexibility index (Phi) is 4.36. The van der Waals surface area contributed by atoms with E-state index in [2.05, 4.69) is 24.1 Å². The molecule has 1 heterocycles. The lowest BCUT2D eigenvalue weighted by atomic mass is 10.1. The van der Waals surface area contributed by atoms with E-state index < -0.39 is 0 Å². The van der Waals surface area contributed by atoms with Crippen molar-refractivity contribution in [1.29, 1.82) is 0 Å². The second kappa shape index (κ2) is 5.33. The third kappa shape index (κ3) is 4.06. The fourth-order valence-electron chi connectivity index (χ4n) is 1.12. The molecule has 0 fully saturated rings. The molecule has 84 valence electrons. The second-order valence-electron chi connectivity index (χ2n) is 3.98. The van der Waals surface area contributed by atoms with Crippen molar-refractivity contribution in [1.82, 2.24) is 4.98 Å². The normalized spacial score (nSPS) is 11.5. The average Bonchev–Trinajstić information content (AvgIpc) is 2.21. The first-order chi connectivity index (χ1) is 7.05. The number of pyridine rings is 1. The zero-order valence-electron chi connectivity index (χ0n) is 9.38. The summed E-state index contributed by atoms with van der Waals surface area (Å²) >= 11 is 5.90. The average molecular weight is 229 g/mol. The number of aromatic nitrogens is 1. The van der Waals surface area contributed by atoms with Gasteiger partial charge in [-0.2, -0.15) is 0 Å². The first-order valence-corrected chi connectivity index (χ1v) is 5.32. The van der Waals surface area contributed by atoms with Gasteiger partial charge < -0.3 is 10.1 Å². The third-order valence-corrected chi connectivity index (χ3v) is 2.66. The van der Waals surface area contributed by atoms with Gasteiger partial charge in [0.1, 0.15) is 0 Å². The Labute approximate surface area is 95.8 Å². The summed E-state index contributed by atoms with van der Waals surface area (Å²) in [5.74, 6) is 0. The standard InChI is InChI=1S/C11H17ClN2O/c1-11(2,15-3)6-8-13-9-5-4-7-14-10(9)12/h4-5,7,13H,6,8H2,1-3H3. The van der Waals surface area contributed by atoms with Gasteiger partial charge in [0.25, 0.3) is 0 Å². The van der Waals surface area contributed by atoms with Crippen molar-refractivity contribution in [2.75, 3.05) is 19.0 Å². The molecule has 0 amide bonds. The minimum atomic E-state index is -0.109. The van der Waals surface area contributed by atoms with E-state index in [0.29, 0.717) is 5.15 Å². The molecule has 0 spiro atoms. The molecule has 0 radical (unpaired) electrons. The lowest BCUT2D eigenvalue weighted by Gasteiger charge is -2.23. The van der Waals surface area contributed by atoms with Crippen molar-refractivity contribution in [2.24, 2.45) is 0 Å². The van der Waals surface area contributed by atoms with Gasteiger partial charge in [-0.15, -0.1) is 0 Å². The molecule has 0 saturated carbocycles. The smallest absolute Gasteiger partial charge is 0.152 e. The van der Waals surface area contributed by atoms with Crippen LogP contribution in [-0.4, -0.2) is 24.2 Å². The predicted molar refractivity (Wildman–Crippen MR) is 63.4 cm³/mol. The molecule has 0 aromatic carbocycles. The number of nitrogens with one attached hydrogen (secondary N) is 1. The summed E-state index contributed by atoms with van der Waals surface area (Å²) in [6.07, 6.45) is 2.58. The number of nitrogens with zero attached hydrogens (tertiary/aromatic N) is 1. The van der Waals surface area contributed by atoms with Crippen LogP contribution in [0.1, 0.15) is 20.3 Å². The van der Waals surface area contributed by atoms with Gasteiger partial charge in [-0.3, -0.25) is 0 Å². The summed E-state index contributed by atoms with van der Waals surface area (Å²) in [5.41, 5.74) is 0.757. The van der Waals surface area contributed by atoms with Crippen LogP contribution < -0.4 is 5.32 Å². The lowest BCUT2D eigenvalue weighted by Crippen LogP contribution is -2.25. The van der Waals surface area contributed by atoms with Crippen molar-refractivity contribution in [3.63, 3.8) is 0 Å². The van der Waals surface area contributed by atoms with Crippen molar-refractivity contribution >= 4 is 17.3 Å². The number of hydrogen-bond donors (Lipinski definition) is 1. The van der Waals surface area contributed by atoms with Crippen molar-refractivity contribution in [2.45, 2.75) is 25.9 Å². The van der Waals surface area contributed by atoms with Crippen LogP contribution in [0.2, 0.25) is 5.15 Å². The second-order valence-corrected chi connectivity index (χ2v) is 4.34. The molecular weight excluding hydrogens is 212 g/mol. The fraction of sp³-hybridized carbons (Fsp3) is 0.545. The molecule has 4 heteroatoms. The minimum absolute atomic E-state index is 0.109. The largest absolute Gasteiger partial charge is 0.382 e. The van der Waals surface area contributed by atoms with Gasteiger partial charge in [-0.05, 0) is 32.4 Å². The Hall–Kier alpha value is -0.800. The van der Waals surface area contributed by atoms with Crippen LogP contribution in [0, 0.1) is 0 Å². The highest BCUT2D eigenvalue weighted by molar-refractivity contribution is 6.31. The molecule has 0 saturated heterocycles. The van der Waals surface area contributed by atoms with E-state index in [1.54, 1.807) is 13.3 Å². The molecule has 0 bridgehead atoms. The van der Waals surface area contributed by atoms with E-state index in [-0.39, 0.29) is 5.60 Å². The highest BCUT2D eigenvalue weighted by Crippen LogP contribution is 2.19. The van der Waals surface area contributed by atoms with E-state index in [1.807, 2.05) is 12.1 Å². The predicted octanol–water partition coefficient (Wildman–Crippen LogP) is 2.96. The Morgan fingerprint density at radius 1 is 1.53 bits per heavy atom. The monoisotopic (exact) mass is 228 g/mol. The number of ether oxygens (including phenoxy) is 1. The minimum Gasteiger partial charge on any atom is -0.382 e. The van der Waals surface area contributed by atoms with E-state index in [0.717, 1.165) is 18.7 Å². The zero-order chi connectivity index (χ0) is 11.3. The van der Waals surface area contributed by atoms with Crippen LogP contribution >= 0.6 is 11.6 Å². The van der Waals surface area contributed by atoms with E-state index in [4.69, 9.17) is 16.3 Å². The highest BCUT2D eigenvalue weighted by Gasteiger charge is 2.15. The Morgan fingerprint density at radius 3 is 2.87 bits per heavy atom. The van der Waals surface area contributed by atoms with Crippen molar-refractivity contribution < 1.29 is 4.74 Å². The molecule has 1 rings (SSSR count). The summed E-state index contributed by atoms with van der Waals surface area (Å²) in [5, 5.41) is 3.74. The van der Waals surface area contributed by atoms with Crippen LogP contribution in [0.3, 0.4) is 0 Å². The van der Waals surface area contributed by atoms with Gasteiger partial charge in [-0.1, -0.05) is 11.6 Å². The molecule has 0 aliphatic rings. The molecular formula is C11H17ClN2O. The zero-order valence-corrected chi connectivity index (χ0v) is 10.1. The van der Waals surface area contributed by atoms with Crippen LogP contribution in [0.25, 0.3) is 0 Å². The van der Waals surface area contributed by atoms with Gasteiger partial charge >= 0.3 is 0 Å². The summed E-state index contributed by atoms with van der Waals surface area (Å²) in [6.45, 7) is 4.92. The summed E-state index contributed by atoms with van der Waals surface area (Å²) in [6, 6.07) is 3.77. The highest BCUT2D eigenvalue weighted by atomic mass is 35.5. The molecule has 1 aromatic rings. The first-order valence-electron chi connectivity index (χ1n) is 4.95. The molecule has 0 atom stereocenters. The van der Waals surface area contributed by atoms with Gasteiger partial charge in [0.05, 0.1) is 11.3 Å². The fourth-order valence-corrected chi connectivity index (χ4v) is 1.30. The molecule has 3 nitrogen and oxygen atoms in total. The molecule has 0 aliphatic heterocycles. The van der Waals surface area contributed by atoms with Gasteiger partial charge in [-0.25, -0.2) is 4.98 Å². The van der Waals surface area contributed by atoms with Gasteiger partial charge in [0.15, 0.2) is 5.15 Å². The van der Waals surface area contributed by atoms with Crippen LogP contribution in [0.15, 0.2) is 18.3 Å². The maximum atomic E-state index is 5.90. The molecule has 0 unspecified atom stereocenters. The lowest BCUT2D eigenvalue weighted by molar-refractivity contribution is 0.0185. The SMILES string of the molecule is COC(C)(C)CCNc1cccnc1Cl. The molecule has 1 aromatic heterocycles. The number of rotatable bonds is 5. The van der Waals surface area contributed by atoms with E-state index >= 15 is 0 Å². The number of halogens is 1. The van der Waals surface area contributed by atoms with Crippen LogP contribution in [0.5, 0.6) is 0 Å². The van der Waals surface area contributed by atoms with Crippen LogP contribution in [0.4, 0.5) is 5.69 Å². The number of anilines is 1. The summed E-state index contributed by atoms with van der Waals surface area (Å²) < 4.78 is 5.32. The Morgan fingerprint density at radius 2 is 2.27 bits per heavy atom. The van der Waals surface area contributed by atoms with Crippen LogP contribution in [-0.2, 0) is 4.74 Å². The van der Waals surface area contributed by atoms with Gasteiger partial charge in [0, 0.05) is 19.9 Å². The van der Waals surface area contributed by atoms with Crippen molar-refractivity contribution in [3.05, 3.63) is 23.5 Å². The van der Waals surface area contributed by atoms with Crippen molar-refractivity contribution in [3.8, 4) is 0 Å². The quantitative estimate of drug-likeness (QED) is 0.787. The van der Waals surface area contributed by atoms with E-state index in [9.17, 15) is 0 Å². The maximum Gasteiger partial charge on any atom is 0.152 e. The van der Waals surface area contributed by atoms with E-state index in [1.165, 1.54) is 0 Å². The van der Waals surface area contributed by atoms with Gasteiger partial charge in [0.2, 0.25) is 0 Å². The first kappa shape index (κ1) is 12.3. The molecule has 0 aliphatic carbocycles. The molecule has 15 heavy (non-hydrogen) atoms. The topological polar surface area (TPSA) is 34.1 Å². The summed E-state index contributed by atoms with van der Waals surface area (Å²) in [7, 11) is 1.72. The number of hydrogen-bond acceptors (Lipinski definition) is 3. The maximum absolute atomic E-state index is 5.90. The Balaban J connectivity index is 2.42. The Bertz CT molecular complexity index is 315. The molecule has 1 N–H and O–H groups in total. The number of methoxy groups -OCH3 is 1. The summed E-state index contributed by atoms with van der Waals surface area (Å²) in [4.78, 5) is 3.99. The third-order valence-electron chi connectivity index (χ3n) is 2.35.